The summed E-state index contributed by atoms with van der Waals surface area (Å²) in [5.74, 6) is -0.625. The third-order valence-electron chi connectivity index (χ3n) is 2.40. The fourth-order valence-corrected chi connectivity index (χ4v) is 2.78. The standard InChI is InChI=1S/C12H18N2O4S/c1-3-6-19(16,17)8-12(15)14-11-7-9(18-2)4-5-10(11)13/h4-5,7H,3,6,8,13H2,1-2H3,(H,14,15). The molecule has 19 heavy (non-hydrogen) atoms. The average Bonchev–Trinajstić information content (AvgIpc) is 2.31. The summed E-state index contributed by atoms with van der Waals surface area (Å²) in [6.07, 6.45) is 0.483. The quantitative estimate of drug-likeness (QED) is 0.761. The van der Waals surface area contributed by atoms with E-state index in [0.717, 1.165) is 0 Å². The van der Waals surface area contributed by atoms with Gasteiger partial charge in [0.15, 0.2) is 9.84 Å². The zero-order valence-electron chi connectivity index (χ0n) is 11.0. The Morgan fingerprint density at radius 1 is 1.42 bits per heavy atom. The van der Waals surface area contributed by atoms with Crippen molar-refractivity contribution in [3.05, 3.63) is 18.2 Å². The molecule has 106 valence electrons. The van der Waals surface area contributed by atoms with Crippen molar-refractivity contribution in [2.24, 2.45) is 0 Å². The van der Waals surface area contributed by atoms with Gasteiger partial charge in [0, 0.05) is 6.07 Å². The zero-order chi connectivity index (χ0) is 14.5. The van der Waals surface area contributed by atoms with Gasteiger partial charge < -0.3 is 15.8 Å². The van der Waals surface area contributed by atoms with Crippen molar-refractivity contribution >= 4 is 27.1 Å². The molecular weight excluding hydrogens is 268 g/mol. The number of nitrogens with one attached hydrogen (secondary N) is 1. The molecule has 0 aliphatic heterocycles. The fraction of sp³-hybridized carbons (Fsp3) is 0.417. The van der Waals surface area contributed by atoms with Crippen molar-refractivity contribution in [1.29, 1.82) is 0 Å². The lowest BCUT2D eigenvalue weighted by atomic mass is 10.2. The van der Waals surface area contributed by atoms with Crippen LogP contribution in [0.2, 0.25) is 0 Å². The topological polar surface area (TPSA) is 98.5 Å². The Bertz CT molecular complexity index is 555. The highest BCUT2D eigenvalue weighted by atomic mass is 32.2. The highest BCUT2D eigenvalue weighted by Crippen LogP contribution is 2.24. The van der Waals surface area contributed by atoms with E-state index in [2.05, 4.69) is 5.32 Å². The summed E-state index contributed by atoms with van der Waals surface area (Å²) < 4.78 is 28.1. The van der Waals surface area contributed by atoms with Gasteiger partial charge in [0.1, 0.15) is 11.5 Å². The second-order valence-corrected chi connectivity index (χ2v) is 6.28. The summed E-state index contributed by atoms with van der Waals surface area (Å²) in [7, 11) is -1.87. The molecule has 3 N–H and O–H groups in total. The number of carbonyl (C=O) groups is 1. The van der Waals surface area contributed by atoms with Crippen LogP contribution in [0.15, 0.2) is 18.2 Å². The van der Waals surface area contributed by atoms with E-state index >= 15 is 0 Å². The van der Waals surface area contributed by atoms with Crippen LogP contribution in [0.4, 0.5) is 11.4 Å². The lowest BCUT2D eigenvalue weighted by molar-refractivity contribution is -0.113. The summed E-state index contributed by atoms with van der Waals surface area (Å²) in [6, 6.07) is 4.77. The first-order chi connectivity index (χ1) is 8.88. The van der Waals surface area contributed by atoms with Gasteiger partial charge in [0.25, 0.3) is 0 Å². The maximum atomic E-state index is 11.7. The maximum absolute atomic E-state index is 11.7. The minimum Gasteiger partial charge on any atom is -0.497 e. The molecule has 0 spiro atoms. The molecular formula is C12H18N2O4S. The first-order valence-corrected chi connectivity index (χ1v) is 7.64. The lowest BCUT2D eigenvalue weighted by Crippen LogP contribution is -2.24. The lowest BCUT2D eigenvalue weighted by Gasteiger charge is -2.10. The Morgan fingerprint density at radius 3 is 2.68 bits per heavy atom. The molecule has 1 rings (SSSR count). The van der Waals surface area contributed by atoms with Crippen LogP contribution in [0.25, 0.3) is 0 Å². The van der Waals surface area contributed by atoms with E-state index in [-0.39, 0.29) is 5.75 Å². The molecule has 0 aliphatic carbocycles. The van der Waals surface area contributed by atoms with Gasteiger partial charge in [-0.1, -0.05) is 6.92 Å². The molecule has 7 heteroatoms. The van der Waals surface area contributed by atoms with Crippen molar-refractivity contribution < 1.29 is 17.9 Å². The molecule has 0 saturated carbocycles. The number of carbonyl (C=O) groups excluding carboxylic acids is 1. The van der Waals surface area contributed by atoms with Crippen molar-refractivity contribution in [2.75, 3.05) is 29.7 Å². The summed E-state index contributed by atoms with van der Waals surface area (Å²) in [5, 5.41) is 2.48. The summed E-state index contributed by atoms with van der Waals surface area (Å²) >= 11 is 0. The van der Waals surface area contributed by atoms with Crippen LogP contribution >= 0.6 is 0 Å². The fourth-order valence-electron chi connectivity index (χ4n) is 1.54. The molecule has 1 aromatic rings. The Kier molecular flexibility index (Phi) is 5.17. The number of amides is 1. The summed E-state index contributed by atoms with van der Waals surface area (Å²) in [4.78, 5) is 11.7. The van der Waals surface area contributed by atoms with Gasteiger partial charge in [-0.25, -0.2) is 8.42 Å². The van der Waals surface area contributed by atoms with Crippen molar-refractivity contribution in [3.63, 3.8) is 0 Å². The number of hydrogen-bond donors (Lipinski definition) is 2. The van der Waals surface area contributed by atoms with Crippen LogP contribution in [-0.2, 0) is 14.6 Å². The summed E-state index contributed by atoms with van der Waals surface area (Å²) in [6.45, 7) is 1.75. The second-order valence-electron chi connectivity index (χ2n) is 4.09. The predicted molar refractivity (Wildman–Crippen MR) is 75.0 cm³/mol. The Hall–Kier alpha value is -1.76. The van der Waals surface area contributed by atoms with Gasteiger partial charge in [-0.05, 0) is 18.6 Å². The molecule has 1 amide bonds. The van der Waals surface area contributed by atoms with Crippen LogP contribution in [0.1, 0.15) is 13.3 Å². The third-order valence-corrected chi connectivity index (χ3v) is 4.13. The largest absolute Gasteiger partial charge is 0.497 e. The van der Waals surface area contributed by atoms with E-state index in [9.17, 15) is 13.2 Å². The molecule has 0 aliphatic rings. The first kappa shape index (κ1) is 15.3. The van der Waals surface area contributed by atoms with Gasteiger partial charge in [-0.15, -0.1) is 0 Å². The molecule has 0 fully saturated rings. The van der Waals surface area contributed by atoms with E-state index in [4.69, 9.17) is 10.5 Å². The highest BCUT2D eigenvalue weighted by Gasteiger charge is 2.16. The van der Waals surface area contributed by atoms with Gasteiger partial charge in [-0.3, -0.25) is 4.79 Å². The van der Waals surface area contributed by atoms with Crippen LogP contribution in [0.5, 0.6) is 5.75 Å². The molecule has 1 aromatic carbocycles. The van der Waals surface area contributed by atoms with E-state index in [0.29, 0.717) is 23.5 Å². The van der Waals surface area contributed by atoms with Crippen LogP contribution in [0, 0.1) is 0 Å². The molecule has 0 saturated heterocycles. The predicted octanol–water partition coefficient (Wildman–Crippen LogP) is 1.04. The third kappa shape index (κ3) is 4.78. The number of benzene rings is 1. The number of sulfone groups is 1. The van der Waals surface area contributed by atoms with Gasteiger partial charge in [0.2, 0.25) is 5.91 Å². The van der Waals surface area contributed by atoms with E-state index in [1.807, 2.05) is 0 Å². The average molecular weight is 286 g/mol. The van der Waals surface area contributed by atoms with Crippen LogP contribution < -0.4 is 15.8 Å². The number of methoxy groups -OCH3 is 1. The molecule has 0 aromatic heterocycles. The normalized spacial score (nSPS) is 11.1. The number of nitrogen functional groups attached to an aromatic ring is 1. The van der Waals surface area contributed by atoms with Crippen LogP contribution in [-0.4, -0.2) is 32.9 Å². The minimum absolute atomic E-state index is 0.00594. The Labute approximate surface area is 112 Å². The monoisotopic (exact) mass is 286 g/mol. The molecule has 0 heterocycles. The number of anilines is 2. The molecule has 0 atom stereocenters. The minimum atomic E-state index is -3.36. The number of rotatable bonds is 6. The molecule has 6 nitrogen and oxygen atoms in total. The zero-order valence-corrected chi connectivity index (χ0v) is 11.8. The summed E-state index contributed by atoms with van der Waals surface area (Å²) in [5.41, 5.74) is 6.39. The molecule has 0 radical (unpaired) electrons. The smallest absolute Gasteiger partial charge is 0.239 e. The molecule has 0 bridgehead atoms. The van der Waals surface area contributed by atoms with Gasteiger partial charge in [0.05, 0.1) is 24.2 Å². The Morgan fingerprint density at radius 2 is 2.11 bits per heavy atom. The highest BCUT2D eigenvalue weighted by molar-refractivity contribution is 7.92. The van der Waals surface area contributed by atoms with Crippen molar-refractivity contribution in [2.45, 2.75) is 13.3 Å². The first-order valence-electron chi connectivity index (χ1n) is 5.81. The van der Waals surface area contributed by atoms with Gasteiger partial charge >= 0.3 is 0 Å². The van der Waals surface area contributed by atoms with Crippen molar-refractivity contribution in [3.8, 4) is 5.75 Å². The van der Waals surface area contributed by atoms with Crippen LogP contribution in [0.3, 0.4) is 0 Å². The number of nitrogens with two attached hydrogens (primary N) is 1. The molecule has 0 unspecified atom stereocenters. The Balaban J connectivity index is 2.77. The second kappa shape index (κ2) is 6.42. The van der Waals surface area contributed by atoms with E-state index in [1.54, 1.807) is 25.1 Å². The van der Waals surface area contributed by atoms with E-state index < -0.39 is 21.5 Å². The van der Waals surface area contributed by atoms with E-state index in [1.165, 1.54) is 7.11 Å². The maximum Gasteiger partial charge on any atom is 0.239 e. The number of ether oxygens (including phenoxy) is 1. The van der Waals surface area contributed by atoms with Gasteiger partial charge in [-0.2, -0.15) is 0 Å². The SMILES string of the molecule is CCCS(=O)(=O)CC(=O)Nc1cc(OC)ccc1N. The van der Waals surface area contributed by atoms with Crippen molar-refractivity contribution in [1.82, 2.24) is 0 Å². The number of hydrogen-bond acceptors (Lipinski definition) is 5.